The summed E-state index contributed by atoms with van der Waals surface area (Å²) in [5.74, 6) is -0.111. The van der Waals surface area contributed by atoms with Gasteiger partial charge in [-0.1, -0.05) is 60.7 Å². The van der Waals surface area contributed by atoms with Gasteiger partial charge in [0.15, 0.2) is 0 Å². The molecule has 0 spiro atoms. The predicted octanol–water partition coefficient (Wildman–Crippen LogP) is 3.22. The minimum atomic E-state index is -0.111. The molecule has 2 rings (SSSR count). The number of nitrogens with one attached hydrogen (secondary N) is 1. The van der Waals surface area contributed by atoms with Crippen molar-refractivity contribution < 1.29 is 4.79 Å². The molecule has 0 aliphatic heterocycles. The highest BCUT2D eigenvalue weighted by molar-refractivity contribution is 5.92. The first kappa shape index (κ1) is 13.1. The maximum atomic E-state index is 11.6. The molecule has 0 unspecified atom stereocenters. The van der Waals surface area contributed by atoms with E-state index < -0.39 is 0 Å². The van der Waals surface area contributed by atoms with Crippen molar-refractivity contribution in [1.29, 1.82) is 0 Å². The molecule has 2 heteroatoms. The molecule has 0 saturated carbocycles. The number of hydrogen-bond donors (Lipinski definition) is 1. The first-order chi connectivity index (χ1) is 9.34. The molecule has 1 radical (unpaired) electrons. The minimum absolute atomic E-state index is 0.111. The van der Waals surface area contributed by atoms with E-state index in [2.05, 4.69) is 5.32 Å². The summed E-state index contributed by atoms with van der Waals surface area (Å²) in [5.41, 5.74) is 2.19. The molecule has 0 aliphatic carbocycles. The Bertz CT molecular complexity index is 532. The zero-order valence-corrected chi connectivity index (χ0v) is 10.6. The number of amides is 1. The van der Waals surface area contributed by atoms with Crippen LogP contribution < -0.4 is 5.32 Å². The molecule has 0 aliphatic rings. The predicted molar refractivity (Wildman–Crippen MR) is 78.1 cm³/mol. The number of carbonyl (C=O) groups excluding carboxylic acids is 1. The molecule has 19 heavy (non-hydrogen) atoms. The smallest absolute Gasteiger partial charge is 0.244 e. The van der Waals surface area contributed by atoms with Crippen molar-refractivity contribution in [3.8, 4) is 0 Å². The minimum Gasteiger partial charge on any atom is -0.347 e. The second-order valence-corrected chi connectivity index (χ2v) is 4.15. The van der Waals surface area contributed by atoms with Crippen LogP contribution in [0.5, 0.6) is 0 Å². The average Bonchev–Trinajstić information content (AvgIpc) is 2.47. The normalized spacial score (nSPS) is 10.5. The maximum Gasteiger partial charge on any atom is 0.244 e. The molecule has 1 amide bonds. The first-order valence-electron chi connectivity index (χ1n) is 6.24. The summed E-state index contributed by atoms with van der Waals surface area (Å²) in [6.45, 7) is 1.77. The van der Waals surface area contributed by atoms with E-state index in [1.165, 1.54) is 11.6 Å². The van der Waals surface area contributed by atoms with Crippen LogP contribution in [0.4, 0.5) is 0 Å². The Morgan fingerprint density at radius 3 is 2.26 bits per heavy atom. The summed E-state index contributed by atoms with van der Waals surface area (Å²) in [6.07, 6.45) is 4.06. The molecule has 0 saturated heterocycles. The first-order valence-corrected chi connectivity index (χ1v) is 6.24. The quantitative estimate of drug-likeness (QED) is 0.811. The zero-order valence-electron chi connectivity index (χ0n) is 10.6. The molecule has 0 atom stereocenters. The van der Waals surface area contributed by atoms with E-state index in [0.717, 1.165) is 12.0 Å². The molecule has 95 valence electrons. The van der Waals surface area contributed by atoms with E-state index in [9.17, 15) is 4.79 Å². The second kappa shape index (κ2) is 7.17. The largest absolute Gasteiger partial charge is 0.347 e. The SMILES string of the molecule is O=C(/C=C/c1ccccc1)N[CH]Cc1ccccc1. The van der Waals surface area contributed by atoms with Crippen molar-refractivity contribution >= 4 is 12.0 Å². The summed E-state index contributed by atoms with van der Waals surface area (Å²) in [5, 5.41) is 2.75. The Labute approximate surface area is 113 Å². The van der Waals surface area contributed by atoms with Crippen molar-refractivity contribution in [3.05, 3.63) is 84.4 Å². The van der Waals surface area contributed by atoms with Gasteiger partial charge in [0.1, 0.15) is 0 Å². The number of hydrogen-bond acceptors (Lipinski definition) is 1. The van der Waals surface area contributed by atoms with E-state index in [4.69, 9.17) is 0 Å². The van der Waals surface area contributed by atoms with Crippen molar-refractivity contribution in [3.63, 3.8) is 0 Å². The van der Waals surface area contributed by atoms with Gasteiger partial charge in [0, 0.05) is 6.08 Å². The number of carbonyl (C=O) groups is 1. The van der Waals surface area contributed by atoms with Crippen LogP contribution in [-0.2, 0) is 11.2 Å². The van der Waals surface area contributed by atoms with Crippen LogP contribution in [0.15, 0.2) is 66.7 Å². The summed E-state index contributed by atoms with van der Waals surface area (Å²) in [6, 6.07) is 19.8. The van der Waals surface area contributed by atoms with Crippen molar-refractivity contribution in [2.45, 2.75) is 6.42 Å². The van der Waals surface area contributed by atoms with Crippen LogP contribution in [0.2, 0.25) is 0 Å². The van der Waals surface area contributed by atoms with E-state index in [1.54, 1.807) is 12.6 Å². The lowest BCUT2D eigenvalue weighted by Crippen LogP contribution is -2.18. The molecule has 2 aromatic carbocycles. The topological polar surface area (TPSA) is 29.1 Å². The Hall–Kier alpha value is -2.35. The van der Waals surface area contributed by atoms with Gasteiger partial charge in [-0.2, -0.15) is 0 Å². The van der Waals surface area contributed by atoms with Gasteiger partial charge in [-0.3, -0.25) is 4.79 Å². The Balaban J connectivity index is 1.75. The van der Waals surface area contributed by atoms with Crippen molar-refractivity contribution in [2.75, 3.05) is 0 Å². The van der Waals surface area contributed by atoms with Crippen LogP contribution in [0.3, 0.4) is 0 Å². The van der Waals surface area contributed by atoms with Gasteiger partial charge < -0.3 is 5.32 Å². The summed E-state index contributed by atoms with van der Waals surface area (Å²) >= 11 is 0. The van der Waals surface area contributed by atoms with E-state index in [0.29, 0.717) is 0 Å². The average molecular weight is 250 g/mol. The third-order valence-corrected chi connectivity index (χ3v) is 2.65. The summed E-state index contributed by atoms with van der Waals surface area (Å²) in [4.78, 5) is 11.6. The van der Waals surface area contributed by atoms with Crippen LogP contribution in [0, 0.1) is 6.54 Å². The lowest BCUT2D eigenvalue weighted by Gasteiger charge is -2.01. The fourth-order valence-electron chi connectivity index (χ4n) is 1.67. The van der Waals surface area contributed by atoms with E-state index in [-0.39, 0.29) is 5.91 Å². The van der Waals surface area contributed by atoms with Crippen LogP contribution in [0.1, 0.15) is 11.1 Å². The lowest BCUT2D eigenvalue weighted by molar-refractivity contribution is -0.115. The summed E-state index contributed by atoms with van der Waals surface area (Å²) < 4.78 is 0. The van der Waals surface area contributed by atoms with Gasteiger partial charge in [-0.05, 0) is 23.6 Å². The standard InChI is InChI=1S/C17H16NO/c19-17(12-11-15-7-3-1-4-8-15)18-14-13-16-9-5-2-6-10-16/h1-12,14H,13H2,(H,18,19)/b12-11+. The molecule has 1 N–H and O–H groups in total. The van der Waals surface area contributed by atoms with Gasteiger partial charge in [0.25, 0.3) is 0 Å². The lowest BCUT2D eigenvalue weighted by atomic mass is 10.1. The Morgan fingerprint density at radius 1 is 0.947 bits per heavy atom. The molecular formula is C17H16NO. The van der Waals surface area contributed by atoms with Gasteiger partial charge in [-0.15, -0.1) is 0 Å². The molecule has 2 nitrogen and oxygen atoms in total. The second-order valence-electron chi connectivity index (χ2n) is 4.15. The Morgan fingerprint density at radius 2 is 1.58 bits per heavy atom. The molecule has 2 aromatic rings. The zero-order chi connectivity index (χ0) is 13.3. The van der Waals surface area contributed by atoms with Crippen molar-refractivity contribution in [1.82, 2.24) is 5.32 Å². The van der Waals surface area contributed by atoms with Gasteiger partial charge in [-0.25, -0.2) is 0 Å². The maximum absolute atomic E-state index is 11.6. The highest BCUT2D eigenvalue weighted by atomic mass is 16.1. The van der Waals surface area contributed by atoms with E-state index >= 15 is 0 Å². The fraction of sp³-hybridized carbons (Fsp3) is 0.0588. The number of benzene rings is 2. The molecule has 0 heterocycles. The van der Waals surface area contributed by atoms with Gasteiger partial charge in [0.05, 0.1) is 6.54 Å². The third-order valence-electron chi connectivity index (χ3n) is 2.65. The monoisotopic (exact) mass is 250 g/mol. The Kier molecular flexibility index (Phi) is 4.94. The number of rotatable bonds is 5. The summed E-state index contributed by atoms with van der Waals surface area (Å²) in [7, 11) is 0. The van der Waals surface area contributed by atoms with Crippen molar-refractivity contribution in [2.24, 2.45) is 0 Å². The van der Waals surface area contributed by atoms with Gasteiger partial charge >= 0.3 is 0 Å². The van der Waals surface area contributed by atoms with Crippen LogP contribution >= 0.6 is 0 Å². The third kappa shape index (κ3) is 4.80. The van der Waals surface area contributed by atoms with E-state index in [1.807, 2.05) is 60.7 Å². The van der Waals surface area contributed by atoms with Gasteiger partial charge in [0.2, 0.25) is 5.91 Å². The van der Waals surface area contributed by atoms with Crippen LogP contribution in [-0.4, -0.2) is 5.91 Å². The molecule has 0 fully saturated rings. The molecular weight excluding hydrogens is 234 g/mol. The highest BCUT2D eigenvalue weighted by Gasteiger charge is 1.96. The highest BCUT2D eigenvalue weighted by Crippen LogP contribution is 2.02. The van der Waals surface area contributed by atoms with Crippen LogP contribution in [0.25, 0.3) is 6.08 Å². The molecule has 0 bridgehead atoms. The molecule has 0 aromatic heterocycles. The fourth-order valence-corrected chi connectivity index (χ4v) is 1.67.